The van der Waals surface area contributed by atoms with Gasteiger partial charge in [0.05, 0.1) is 4.47 Å². The van der Waals surface area contributed by atoms with E-state index in [0.717, 1.165) is 24.1 Å². The van der Waals surface area contributed by atoms with Crippen molar-refractivity contribution in [2.75, 3.05) is 32.8 Å². The molecule has 2 aliphatic heterocycles. The molecule has 0 aliphatic carbocycles. The average Bonchev–Trinajstić information content (AvgIpc) is 2.46. The molecule has 5 nitrogen and oxygen atoms in total. The van der Waals surface area contributed by atoms with Crippen molar-refractivity contribution in [3.05, 3.63) is 22.2 Å². The molecule has 6 heteroatoms. The number of rotatable bonds is 1. The van der Waals surface area contributed by atoms with Crippen LogP contribution in [-0.2, 0) is 0 Å². The van der Waals surface area contributed by atoms with E-state index in [1.54, 1.807) is 6.07 Å². The summed E-state index contributed by atoms with van der Waals surface area (Å²) in [5.41, 5.74) is 0.634. The van der Waals surface area contributed by atoms with Gasteiger partial charge in [-0.25, -0.2) is 0 Å². The SMILES string of the molecule is CC1CN(C(=O)c2cc(Br)c3c(c2)OCCO3)CCN1. The molecular weight excluding hydrogens is 324 g/mol. The van der Waals surface area contributed by atoms with Crippen LogP contribution in [0.25, 0.3) is 0 Å². The number of halogens is 1. The minimum atomic E-state index is 0.0380. The number of hydrogen-bond donors (Lipinski definition) is 1. The van der Waals surface area contributed by atoms with Crippen LogP contribution in [0.1, 0.15) is 17.3 Å². The van der Waals surface area contributed by atoms with E-state index in [0.29, 0.717) is 36.3 Å². The molecule has 3 rings (SSSR count). The smallest absolute Gasteiger partial charge is 0.254 e. The third-order valence-corrected chi connectivity index (χ3v) is 4.09. The molecule has 1 saturated heterocycles. The van der Waals surface area contributed by atoms with E-state index in [9.17, 15) is 4.79 Å². The first-order valence-corrected chi connectivity index (χ1v) is 7.56. The lowest BCUT2D eigenvalue weighted by Gasteiger charge is -2.32. The van der Waals surface area contributed by atoms with Crippen LogP contribution in [0, 0.1) is 0 Å². The Morgan fingerprint density at radius 2 is 2.20 bits per heavy atom. The maximum atomic E-state index is 12.6. The number of piperazine rings is 1. The summed E-state index contributed by atoms with van der Waals surface area (Å²) in [6.07, 6.45) is 0. The van der Waals surface area contributed by atoms with Crippen molar-refractivity contribution in [2.45, 2.75) is 13.0 Å². The van der Waals surface area contributed by atoms with Crippen molar-refractivity contribution in [3.8, 4) is 11.5 Å². The van der Waals surface area contributed by atoms with Gasteiger partial charge >= 0.3 is 0 Å². The van der Waals surface area contributed by atoms with Gasteiger partial charge in [-0.3, -0.25) is 4.79 Å². The van der Waals surface area contributed by atoms with E-state index >= 15 is 0 Å². The second kappa shape index (κ2) is 5.61. The van der Waals surface area contributed by atoms with Gasteiger partial charge in [0.2, 0.25) is 0 Å². The van der Waals surface area contributed by atoms with E-state index in [1.807, 2.05) is 11.0 Å². The van der Waals surface area contributed by atoms with E-state index in [-0.39, 0.29) is 5.91 Å². The summed E-state index contributed by atoms with van der Waals surface area (Å²) in [4.78, 5) is 14.4. The highest BCUT2D eigenvalue weighted by Gasteiger charge is 2.24. The van der Waals surface area contributed by atoms with E-state index in [1.165, 1.54) is 0 Å². The molecule has 1 aromatic rings. The highest BCUT2D eigenvalue weighted by molar-refractivity contribution is 9.10. The highest BCUT2D eigenvalue weighted by Crippen LogP contribution is 2.38. The molecule has 1 amide bonds. The first kappa shape index (κ1) is 13.7. The Labute approximate surface area is 126 Å². The number of carbonyl (C=O) groups is 1. The van der Waals surface area contributed by atoms with Crippen LogP contribution in [0.2, 0.25) is 0 Å². The highest BCUT2D eigenvalue weighted by atomic mass is 79.9. The molecule has 2 aliphatic rings. The number of amides is 1. The fourth-order valence-corrected chi connectivity index (χ4v) is 3.09. The molecular formula is C14H17BrN2O3. The lowest BCUT2D eigenvalue weighted by Crippen LogP contribution is -2.51. The molecule has 1 unspecified atom stereocenters. The van der Waals surface area contributed by atoms with Gasteiger partial charge in [-0.15, -0.1) is 0 Å². The van der Waals surface area contributed by atoms with Crippen LogP contribution in [-0.4, -0.2) is 49.7 Å². The Morgan fingerprint density at radius 3 is 3.00 bits per heavy atom. The average molecular weight is 341 g/mol. The number of ether oxygens (including phenoxy) is 2. The summed E-state index contributed by atoms with van der Waals surface area (Å²) in [6, 6.07) is 3.91. The summed E-state index contributed by atoms with van der Waals surface area (Å²) in [5.74, 6) is 1.36. The zero-order valence-corrected chi connectivity index (χ0v) is 12.9. The predicted molar refractivity (Wildman–Crippen MR) is 78.5 cm³/mol. The molecule has 1 N–H and O–H groups in total. The Kier molecular flexibility index (Phi) is 3.85. The number of carbonyl (C=O) groups excluding carboxylic acids is 1. The summed E-state index contributed by atoms with van der Waals surface area (Å²) >= 11 is 3.45. The zero-order valence-electron chi connectivity index (χ0n) is 11.3. The Bertz CT molecular complexity index is 535. The van der Waals surface area contributed by atoms with Crippen molar-refractivity contribution in [1.82, 2.24) is 10.2 Å². The Balaban J connectivity index is 1.86. The maximum Gasteiger partial charge on any atom is 0.254 e. The van der Waals surface area contributed by atoms with Gasteiger partial charge in [-0.05, 0) is 35.0 Å². The predicted octanol–water partition coefficient (Wildman–Crippen LogP) is 1.65. The van der Waals surface area contributed by atoms with Gasteiger partial charge in [0.15, 0.2) is 11.5 Å². The molecule has 20 heavy (non-hydrogen) atoms. The van der Waals surface area contributed by atoms with Gasteiger partial charge in [0.25, 0.3) is 5.91 Å². The summed E-state index contributed by atoms with van der Waals surface area (Å²) < 4.78 is 11.9. The van der Waals surface area contributed by atoms with Crippen LogP contribution >= 0.6 is 15.9 Å². The number of benzene rings is 1. The third-order valence-electron chi connectivity index (χ3n) is 3.50. The summed E-state index contributed by atoms with van der Waals surface area (Å²) in [7, 11) is 0. The van der Waals surface area contributed by atoms with Gasteiger partial charge in [0.1, 0.15) is 13.2 Å². The summed E-state index contributed by atoms with van der Waals surface area (Å²) in [5, 5.41) is 3.33. The van der Waals surface area contributed by atoms with Gasteiger partial charge in [0, 0.05) is 31.2 Å². The second-order valence-electron chi connectivity index (χ2n) is 5.09. The minimum Gasteiger partial charge on any atom is -0.486 e. The van der Waals surface area contributed by atoms with Crippen molar-refractivity contribution in [2.24, 2.45) is 0 Å². The Hall–Kier alpha value is -1.27. The van der Waals surface area contributed by atoms with Gasteiger partial charge < -0.3 is 19.7 Å². The monoisotopic (exact) mass is 340 g/mol. The van der Waals surface area contributed by atoms with Crippen LogP contribution in [0.4, 0.5) is 0 Å². The van der Waals surface area contributed by atoms with Crippen LogP contribution in [0.5, 0.6) is 11.5 Å². The Morgan fingerprint density at radius 1 is 1.40 bits per heavy atom. The molecule has 0 saturated carbocycles. The molecule has 0 radical (unpaired) electrons. The van der Waals surface area contributed by atoms with Crippen LogP contribution in [0.15, 0.2) is 16.6 Å². The molecule has 0 bridgehead atoms. The molecule has 0 aromatic heterocycles. The molecule has 2 heterocycles. The second-order valence-corrected chi connectivity index (χ2v) is 5.94. The minimum absolute atomic E-state index is 0.0380. The lowest BCUT2D eigenvalue weighted by atomic mass is 10.1. The fourth-order valence-electron chi connectivity index (χ4n) is 2.53. The standard InChI is InChI=1S/C14H17BrN2O3/c1-9-8-17(3-2-16-9)14(18)10-6-11(15)13-12(7-10)19-4-5-20-13/h6-7,9,16H,2-5,8H2,1H3. The number of nitrogens with zero attached hydrogens (tertiary/aromatic N) is 1. The van der Waals surface area contributed by atoms with Crippen molar-refractivity contribution >= 4 is 21.8 Å². The van der Waals surface area contributed by atoms with Gasteiger partial charge in [-0.1, -0.05) is 0 Å². The van der Waals surface area contributed by atoms with Crippen molar-refractivity contribution in [1.29, 1.82) is 0 Å². The van der Waals surface area contributed by atoms with E-state index in [4.69, 9.17) is 9.47 Å². The lowest BCUT2D eigenvalue weighted by molar-refractivity contribution is 0.0708. The maximum absolute atomic E-state index is 12.6. The normalized spacial score (nSPS) is 21.7. The first-order valence-electron chi connectivity index (χ1n) is 6.77. The molecule has 1 aromatic carbocycles. The first-order chi connectivity index (χ1) is 9.65. The molecule has 1 fully saturated rings. The fraction of sp³-hybridized carbons (Fsp3) is 0.500. The number of hydrogen-bond acceptors (Lipinski definition) is 4. The van der Waals surface area contributed by atoms with Crippen LogP contribution in [0.3, 0.4) is 0 Å². The van der Waals surface area contributed by atoms with Gasteiger partial charge in [-0.2, -0.15) is 0 Å². The number of fused-ring (bicyclic) bond motifs is 1. The van der Waals surface area contributed by atoms with Crippen molar-refractivity contribution < 1.29 is 14.3 Å². The van der Waals surface area contributed by atoms with Crippen LogP contribution < -0.4 is 14.8 Å². The zero-order chi connectivity index (χ0) is 14.1. The molecule has 1 atom stereocenters. The quantitative estimate of drug-likeness (QED) is 0.844. The number of nitrogens with one attached hydrogen (secondary N) is 1. The largest absolute Gasteiger partial charge is 0.486 e. The summed E-state index contributed by atoms with van der Waals surface area (Å²) in [6.45, 7) is 5.42. The molecule has 0 spiro atoms. The van der Waals surface area contributed by atoms with Crippen molar-refractivity contribution in [3.63, 3.8) is 0 Å². The van der Waals surface area contributed by atoms with E-state index < -0.39 is 0 Å². The van der Waals surface area contributed by atoms with E-state index in [2.05, 4.69) is 28.2 Å². The third kappa shape index (κ3) is 2.62. The topological polar surface area (TPSA) is 50.8 Å². The molecule has 108 valence electrons.